The molecule has 2 rings (SSSR count). The average molecular weight is 238 g/mol. The molecule has 0 aromatic heterocycles. The molecule has 100 valence electrons. The Morgan fingerprint density at radius 2 is 1.82 bits per heavy atom. The molecular formula is C15H30N2. The number of hydrogen-bond acceptors (Lipinski definition) is 2. The fourth-order valence-corrected chi connectivity index (χ4v) is 3.52. The molecule has 0 atom stereocenters. The van der Waals surface area contributed by atoms with Gasteiger partial charge in [0.15, 0.2) is 0 Å². The normalized spacial score (nSPS) is 34.2. The van der Waals surface area contributed by atoms with E-state index in [2.05, 4.69) is 31.2 Å². The quantitative estimate of drug-likeness (QED) is 0.765. The molecule has 0 unspecified atom stereocenters. The third-order valence-corrected chi connectivity index (χ3v) is 4.76. The van der Waals surface area contributed by atoms with E-state index in [9.17, 15) is 0 Å². The van der Waals surface area contributed by atoms with Crippen LogP contribution in [0.1, 0.15) is 45.4 Å². The van der Waals surface area contributed by atoms with E-state index >= 15 is 0 Å². The minimum absolute atomic E-state index is 0.560. The monoisotopic (exact) mass is 238 g/mol. The van der Waals surface area contributed by atoms with Gasteiger partial charge in [-0.25, -0.2) is 0 Å². The van der Waals surface area contributed by atoms with E-state index in [0.717, 1.165) is 11.8 Å². The highest BCUT2D eigenvalue weighted by Gasteiger charge is 2.35. The van der Waals surface area contributed by atoms with Crippen molar-refractivity contribution in [3.63, 3.8) is 0 Å². The van der Waals surface area contributed by atoms with E-state index < -0.39 is 0 Å². The lowest BCUT2D eigenvalue weighted by molar-refractivity contribution is 0.0989. The molecule has 17 heavy (non-hydrogen) atoms. The van der Waals surface area contributed by atoms with Gasteiger partial charge in [0.05, 0.1) is 0 Å². The van der Waals surface area contributed by atoms with Crippen LogP contribution in [0.15, 0.2) is 0 Å². The van der Waals surface area contributed by atoms with Crippen molar-refractivity contribution < 1.29 is 0 Å². The van der Waals surface area contributed by atoms with Crippen LogP contribution in [0.5, 0.6) is 0 Å². The Kier molecular flexibility index (Phi) is 4.48. The Hall–Kier alpha value is -0.0800. The van der Waals surface area contributed by atoms with Gasteiger partial charge in [-0.15, -0.1) is 0 Å². The Morgan fingerprint density at radius 3 is 2.35 bits per heavy atom. The zero-order valence-electron chi connectivity index (χ0n) is 12.0. The minimum atomic E-state index is 0.560. The van der Waals surface area contributed by atoms with Crippen molar-refractivity contribution in [2.45, 2.75) is 45.4 Å². The van der Waals surface area contributed by atoms with Crippen molar-refractivity contribution >= 4 is 0 Å². The third-order valence-electron chi connectivity index (χ3n) is 4.76. The van der Waals surface area contributed by atoms with E-state index in [1.54, 1.807) is 0 Å². The van der Waals surface area contributed by atoms with Crippen LogP contribution in [-0.2, 0) is 0 Å². The highest BCUT2D eigenvalue weighted by atomic mass is 15.1. The first-order valence-electron chi connectivity index (χ1n) is 7.47. The Labute approximate surface area is 107 Å². The molecule has 2 aliphatic carbocycles. The number of rotatable bonds is 6. The van der Waals surface area contributed by atoms with Gasteiger partial charge in [0.25, 0.3) is 0 Å². The number of nitrogens with zero attached hydrogens (tertiary/aromatic N) is 1. The summed E-state index contributed by atoms with van der Waals surface area (Å²) in [5, 5.41) is 3.44. The van der Waals surface area contributed by atoms with Crippen molar-refractivity contribution in [3.05, 3.63) is 0 Å². The lowest BCUT2D eigenvalue weighted by atomic mass is 9.70. The molecule has 0 spiro atoms. The molecule has 2 aliphatic rings. The predicted octanol–water partition coefficient (Wildman–Crippen LogP) is 2.74. The maximum Gasteiger partial charge on any atom is 0.00472 e. The van der Waals surface area contributed by atoms with Gasteiger partial charge < -0.3 is 10.2 Å². The van der Waals surface area contributed by atoms with Crippen molar-refractivity contribution in [2.75, 3.05) is 33.7 Å². The topological polar surface area (TPSA) is 15.3 Å². The lowest BCUT2D eigenvalue weighted by Gasteiger charge is -2.42. The van der Waals surface area contributed by atoms with Crippen molar-refractivity contribution in [3.8, 4) is 0 Å². The van der Waals surface area contributed by atoms with Crippen LogP contribution in [0.2, 0.25) is 0 Å². The molecule has 0 radical (unpaired) electrons. The summed E-state index contributed by atoms with van der Waals surface area (Å²) in [4.78, 5) is 2.60. The second-order valence-corrected chi connectivity index (χ2v) is 6.85. The summed E-state index contributed by atoms with van der Waals surface area (Å²) >= 11 is 0. The smallest absolute Gasteiger partial charge is 0.00472 e. The van der Waals surface area contributed by atoms with Gasteiger partial charge in [0.2, 0.25) is 0 Å². The molecule has 0 heterocycles. The second-order valence-electron chi connectivity index (χ2n) is 6.85. The Bertz CT molecular complexity index is 227. The van der Waals surface area contributed by atoms with Gasteiger partial charge in [-0.3, -0.25) is 0 Å². The highest BCUT2D eigenvalue weighted by Crippen LogP contribution is 2.39. The summed E-state index contributed by atoms with van der Waals surface area (Å²) in [7, 11) is 4.44. The fourth-order valence-electron chi connectivity index (χ4n) is 3.52. The summed E-state index contributed by atoms with van der Waals surface area (Å²) in [6.45, 7) is 6.25. The van der Waals surface area contributed by atoms with Crippen molar-refractivity contribution in [2.24, 2.45) is 17.3 Å². The molecule has 0 bridgehead atoms. The van der Waals surface area contributed by atoms with Crippen LogP contribution >= 0.6 is 0 Å². The number of nitrogens with one attached hydrogen (secondary N) is 1. The summed E-state index contributed by atoms with van der Waals surface area (Å²) in [6, 6.07) is 0. The van der Waals surface area contributed by atoms with Crippen LogP contribution in [0.25, 0.3) is 0 Å². The van der Waals surface area contributed by atoms with Crippen LogP contribution in [-0.4, -0.2) is 38.6 Å². The maximum absolute atomic E-state index is 3.44. The largest absolute Gasteiger partial charge is 0.319 e. The molecule has 2 fully saturated rings. The minimum Gasteiger partial charge on any atom is -0.319 e. The molecule has 2 heteroatoms. The van der Waals surface area contributed by atoms with Crippen molar-refractivity contribution in [1.82, 2.24) is 10.2 Å². The summed E-state index contributed by atoms with van der Waals surface area (Å²) in [6.07, 6.45) is 8.65. The molecule has 0 aromatic rings. The summed E-state index contributed by atoms with van der Waals surface area (Å²) < 4.78 is 0. The van der Waals surface area contributed by atoms with Crippen LogP contribution in [0, 0.1) is 17.3 Å². The molecule has 2 nitrogen and oxygen atoms in total. The van der Waals surface area contributed by atoms with Gasteiger partial charge in [0, 0.05) is 19.6 Å². The molecule has 0 saturated heterocycles. The molecule has 1 N–H and O–H groups in total. The van der Waals surface area contributed by atoms with Gasteiger partial charge >= 0.3 is 0 Å². The molecule has 0 aromatic carbocycles. The molecule has 2 saturated carbocycles. The SMILES string of the molecule is CNCC1(CN(C)CC2CC2)CCC(C)CC1. The van der Waals surface area contributed by atoms with E-state index in [1.807, 2.05) is 0 Å². The summed E-state index contributed by atoms with van der Waals surface area (Å²) in [5.74, 6) is 1.97. The molecular weight excluding hydrogens is 208 g/mol. The van der Waals surface area contributed by atoms with Gasteiger partial charge in [0.1, 0.15) is 0 Å². The first kappa shape index (κ1) is 13.4. The zero-order valence-corrected chi connectivity index (χ0v) is 12.0. The summed E-state index contributed by atoms with van der Waals surface area (Å²) in [5.41, 5.74) is 0.560. The van der Waals surface area contributed by atoms with Crippen LogP contribution in [0.3, 0.4) is 0 Å². The second kappa shape index (κ2) is 5.71. The first-order chi connectivity index (χ1) is 8.13. The maximum atomic E-state index is 3.44. The van der Waals surface area contributed by atoms with Gasteiger partial charge in [-0.2, -0.15) is 0 Å². The van der Waals surface area contributed by atoms with Crippen molar-refractivity contribution in [1.29, 1.82) is 0 Å². The van der Waals surface area contributed by atoms with Crippen LogP contribution < -0.4 is 5.32 Å². The first-order valence-corrected chi connectivity index (χ1v) is 7.47. The molecule has 0 amide bonds. The van der Waals surface area contributed by atoms with E-state index in [1.165, 1.54) is 58.2 Å². The van der Waals surface area contributed by atoms with Gasteiger partial charge in [-0.1, -0.05) is 19.8 Å². The Morgan fingerprint density at radius 1 is 1.18 bits per heavy atom. The third kappa shape index (κ3) is 3.96. The van der Waals surface area contributed by atoms with E-state index in [-0.39, 0.29) is 0 Å². The van der Waals surface area contributed by atoms with Gasteiger partial charge in [-0.05, 0) is 57.0 Å². The Balaban J connectivity index is 1.85. The van der Waals surface area contributed by atoms with E-state index in [4.69, 9.17) is 0 Å². The standard InChI is InChI=1S/C15H30N2/c1-13-6-8-15(9-7-13,11-16-2)12-17(3)10-14-4-5-14/h13-14,16H,4-12H2,1-3H3. The van der Waals surface area contributed by atoms with E-state index in [0.29, 0.717) is 5.41 Å². The molecule has 0 aliphatic heterocycles. The fraction of sp³-hybridized carbons (Fsp3) is 1.00. The van der Waals surface area contributed by atoms with Crippen LogP contribution in [0.4, 0.5) is 0 Å². The highest BCUT2D eigenvalue weighted by molar-refractivity contribution is 4.89. The average Bonchev–Trinajstić information content (AvgIpc) is 3.07. The number of hydrogen-bond donors (Lipinski definition) is 1. The zero-order chi connectivity index (χ0) is 12.3. The lowest BCUT2D eigenvalue weighted by Crippen LogP contribution is -2.44. The predicted molar refractivity (Wildman–Crippen MR) is 74.2 cm³/mol.